The van der Waals surface area contributed by atoms with Gasteiger partial charge in [-0.3, -0.25) is 0 Å². The number of fused-ring (bicyclic) bond motifs is 2. The third kappa shape index (κ3) is 2.30. The molecule has 1 saturated heterocycles. The van der Waals surface area contributed by atoms with Crippen LogP contribution >= 0.6 is 0 Å². The Balaban J connectivity index is 1.95. The Morgan fingerprint density at radius 2 is 1.95 bits per heavy atom. The molecule has 3 aliphatic rings. The lowest BCUT2D eigenvalue weighted by Gasteiger charge is -2.39. The fourth-order valence-corrected chi connectivity index (χ4v) is 5.60. The maximum Gasteiger partial charge on any atom is 0.188 e. The van der Waals surface area contributed by atoms with Crippen LogP contribution in [0.5, 0.6) is 0 Å². The van der Waals surface area contributed by atoms with Crippen LogP contribution in [0.3, 0.4) is 0 Å². The van der Waals surface area contributed by atoms with Gasteiger partial charge in [0.15, 0.2) is 5.79 Å². The first-order valence-corrected chi connectivity index (χ1v) is 8.77. The molecule has 2 nitrogen and oxygen atoms in total. The smallest absolute Gasteiger partial charge is 0.188 e. The highest BCUT2D eigenvalue weighted by molar-refractivity contribution is 5.09. The molecule has 2 saturated carbocycles. The number of ether oxygens (including phenoxy) is 2. The minimum atomic E-state index is -0.565. The SMILES string of the molecule is C=C[C@]1(CC)O[C@H]2CC3[C@H](C)CC[C@H]3C(C)(C)C[C@@]2(C)O1. The average Bonchev–Trinajstić information content (AvgIpc) is 2.88. The molecule has 1 unspecified atom stereocenters. The zero-order chi connectivity index (χ0) is 15.5. The van der Waals surface area contributed by atoms with Crippen LogP contribution < -0.4 is 0 Å². The summed E-state index contributed by atoms with van der Waals surface area (Å²) in [6, 6.07) is 0. The van der Waals surface area contributed by atoms with Crippen molar-refractivity contribution in [1.82, 2.24) is 0 Å². The Morgan fingerprint density at radius 3 is 2.57 bits per heavy atom. The van der Waals surface area contributed by atoms with Crippen LogP contribution in [0.2, 0.25) is 0 Å². The molecule has 3 rings (SSSR count). The van der Waals surface area contributed by atoms with E-state index in [9.17, 15) is 0 Å². The van der Waals surface area contributed by atoms with Crippen molar-refractivity contribution in [3.05, 3.63) is 12.7 Å². The van der Waals surface area contributed by atoms with Gasteiger partial charge in [0.2, 0.25) is 0 Å². The molecule has 0 aromatic rings. The van der Waals surface area contributed by atoms with E-state index in [0.29, 0.717) is 5.41 Å². The summed E-state index contributed by atoms with van der Waals surface area (Å²) in [6.07, 6.45) is 7.92. The van der Waals surface area contributed by atoms with E-state index < -0.39 is 5.79 Å². The lowest BCUT2D eigenvalue weighted by molar-refractivity contribution is -0.162. The van der Waals surface area contributed by atoms with Gasteiger partial charge in [-0.15, -0.1) is 0 Å². The van der Waals surface area contributed by atoms with Crippen molar-refractivity contribution >= 4 is 0 Å². The van der Waals surface area contributed by atoms with Crippen LogP contribution in [0.15, 0.2) is 12.7 Å². The zero-order valence-electron chi connectivity index (χ0n) is 14.4. The molecule has 3 fully saturated rings. The van der Waals surface area contributed by atoms with E-state index in [-0.39, 0.29) is 11.7 Å². The summed E-state index contributed by atoms with van der Waals surface area (Å²) >= 11 is 0. The number of hydrogen-bond donors (Lipinski definition) is 0. The summed E-state index contributed by atoms with van der Waals surface area (Å²) in [4.78, 5) is 0. The fraction of sp³-hybridized carbons (Fsp3) is 0.895. The molecule has 1 heterocycles. The van der Waals surface area contributed by atoms with E-state index in [1.807, 2.05) is 6.08 Å². The van der Waals surface area contributed by atoms with E-state index in [4.69, 9.17) is 9.47 Å². The van der Waals surface area contributed by atoms with E-state index in [1.54, 1.807) is 0 Å². The van der Waals surface area contributed by atoms with Crippen LogP contribution in [-0.4, -0.2) is 17.5 Å². The maximum absolute atomic E-state index is 6.51. The Hall–Kier alpha value is -0.340. The van der Waals surface area contributed by atoms with Gasteiger partial charge in [0, 0.05) is 6.42 Å². The summed E-state index contributed by atoms with van der Waals surface area (Å²) in [5, 5.41) is 0. The van der Waals surface area contributed by atoms with Gasteiger partial charge >= 0.3 is 0 Å². The molecular weight excluding hydrogens is 260 g/mol. The molecule has 6 atom stereocenters. The monoisotopic (exact) mass is 292 g/mol. The fourth-order valence-electron chi connectivity index (χ4n) is 5.60. The minimum absolute atomic E-state index is 0.169. The normalized spacial score (nSPS) is 52.0. The summed E-state index contributed by atoms with van der Waals surface area (Å²) in [5.41, 5.74) is 0.158. The molecule has 0 radical (unpaired) electrons. The first kappa shape index (κ1) is 15.6. The summed E-state index contributed by atoms with van der Waals surface area (Å²) in [6.45, 7) is 15.7. The Kier molecular flexibility index (Phi) is 3.57. The van der Waals surface area contributed by atoms with Crippen molar-refractivity contribution in [3.8, 4) is 0 Å². The molecule has 1 aliphatic heterocycles. The van der Waals surface area contributed by atoms with Crippen molar-refractivity contribution in [2.45, 2.75) is 84.2 Å². The topological polar surface area (TPSA) is 18.5 Å². The first-order chi connectivity index (χ1) is 9.75. The Morgan fingerprint density at radius 1 is 1.24 bits per heavy atom. The van der Waals surface area contributed by atoms with E-state index in [0.717, 1.165) is 37.0 Å². The van der Waals surface area contributed by atoms with Crippen molar-refractivity contribution < 1.29 is 9.47 Å². The molecule has 0 N–H and O–H groups in total. The highest BCUT2D eigenvalue weighted by atomic mass is 16.8. The predicted molar refractivity (Wildman–Crippen MR) is 86.0 cm³/mol. The molecule has 0 spiro atoms. The Labute approximate surface area is 130 Å². The van der Waals surface area contributed by atoms with Gasteiger partial charge in [0.05, 0.1) is 11.7 Å². The van der Waals surface area contributed by atoms with Crippen molar-refractivity contribution in [2.75, 3.05) is 0 Å². The number of hydrogen-bond acceptors (Lipinski definition) is 2. The van der Waals surface area contributed by atoms with Crippen LogP contribution in [0, 0.1) is 23.2 Å². The van der Waals surface area contributed by atoms with E-state index >= 15 is 0 Å². The second kappa shape index (κ2) is 4.83. The molecule has 120 valence electrons. The molecule has 0 amide bonds. The first-order valence-electron chi connectivity index (χ1n) is 8.77. The van der Waals surface area contributed by atoms with Gasteiger partial charge in [-0.05, 0) is 55.4 Å². The average molecular weight is 292 g/mol. The highest BCUT2D eigenvalue weighted by Gasteiger charge is 2.59. The second-order valence-electron chi connectivity index (χ2n) is 8.62. The van der Waals surface area contributed by atoms with Gasteiger partial charge in [0.1, 0.15) is 0 Å². The summed E-state index contributed by atoms with van der Waals surface area (Å²) < 4.78 is 13.0. The van der Waals surface area contributed by atoms with Gasteiger partial charge < -0.3 is 9.47 Å². The maximum atomic E-state index is 6.51. The molecule has 2 aliphatic carbocycles. The van der Waals surface area contributed by atoms with Crippen LogP contribution in [-0.2, 0) is 9.47 Å². The lowest BCUT2D eigenvalue weighted by Crippen LogP contribution is -2.40. The predicted octanol–water partition coefficient (Wildman–Crippen LogP) is 4.94. The van der Waals surface area contributed by atoms with Crippen LogP contribution in [0.25, 0.3) is 0 Å². The molecule has 0 aromatic carbocycles. The largest absolute Gasteiger partial charge is 0.340 e. The highest BCUT2D eigenvalue weighted by Crippen LogP contribution is 2.58. The standard InChI is InChI=1S/C19H32O2/c1-7-19(8-2)20-16-11-14-13(3)9-10-15(14)17(4,5)12-18(16,6)21-19/h7,13-16H,1,8-12H2,2-6H3/t13-,14?,15-,16+,18-,19+/m1/s1. The molecule has 0 aromatic heterocycles. The quantitative estimate of drug-likeness (QED) is 0.671. The lowest BCUT2D eigenvalue weighted by atomic mass is 9.69. The van der Waals surface area contributed by atoms with Gasteiger partial charge in [0.25, 0.3) is 0 Å². The van der Waals surface area contributed by atoms with E-state index in [1.165, 1.54) is 12.8 Å². The third-order valence-electron chi connectivity index (χ3n) is 6.71. The van der Waals surface area contributed by atoms with Gasteiger partial charge in [-0.2, -0.15) is 0 Å². The van der Waals surface area contributed by atoms with Crippen molar-refractivity contribution in [3.63, 3.8) is 0 Å². The summed E-state index contributed by atoms with van der Waals surface area (Å²) in [5.74, 6) is 1.86. The third-order valence-corrected chi connectivity index (χ3v) is 6.71. The minimum Gasteiger partial charge on any atom is -0.340 e. The molecule has 0 bridgehead atoms. The molecule has 21 heavy (non-hydrogen) atoms. The molecular formula is C19H32O2. The van der Waals surface area contributed by atoms with Crippen molar-refractivity contribution in [2.24, 2.45) is 23.2 Å². The second-order valence-corrected chi connectivity index (χ2v) is 8.62. The molecule has 2 heteroatoms. The number of rotatable bonds is 2. The van der Waals surface area contributed by atoms with Gasteiger partial charge in [-0.25, -0.2) is 0 Å². The Bertz CT molecular complexity index is 429. The zero-order valence-corrected chi connectivity index (χ0v) is 14.4. The summed E-state index contributed by atoms with van der Waals surface area (Å²) in [7, 11) is 0. The van der Waals surface area contributed by atoms with Gasteiger partial charge in [-0.1, -0.05) is 40.7 Å². The van der Waals surface area contributed by atoms with Crippen molar-refractivity contribution in [1.29, 1.82) is 0 Å². The van der Waals surface area contributed by atoms with Crippen LogP contribution in [0.4, 0.5) is 0 Å². The van der Waals surface area contributed by atoms with Crippen LogP contribution in [0.1, 0.15) is 66.7 Å². The van der Waals surface area contributed by atoms with E-state index in [2.05, 4.69) is 41.2 Å².